The van der Waals surface area contributed by atoms with E-state index in [2.05, 4.69) is 10.5 Å². The van der Waals surface area contributed by atoms with Crippen LogP contribution in [0.25, 0.3) is 0 Å². The van der Waals surface area contributed by atoms with Gasteiger partial charge in [0.1, 0.15) is 11.6 Å². The molecule has 2 aliphatic rings. The Kier molecular flexibility index (Phi) is 5.65. The fourth-order valence-corrected chi connectivity index (χ4v) is 5.12. The topological polar surface area (TPSA) is 126 Å². The van der Waals surface area contributed by atoms with Gasteiger partial charge in [-0.05, 0) is 42.7 Å². The number of ether oxygens (including phenoxy) is 1. The summed E-state index contributed by atoms with van der Waals surface area (Å²) in [5, 5.41) is 9.06. The number of nitriles is 1. The smallest absolute Gasteiger partial charge is 0.259 e. The summed E-state index contributed by atoms with van der Waals surface area (Å²) in [4.78, 5) is 14.7. The van der Waals surface area contributed by atoms with Gasteiger partial charge in [-0.2, -0.15) is 5.26 Å². The standard InChI is InChI=1S/C22H22N4O4S/c23-11-15-4-1-6-17(10-15)22(27)26-9-3-5-16(12-26)13-30-19-8-2-7-18-14-31(28,29)25-21(24)20(18)19/h1-2,4,6-8,10,16H,3,5,9,12-14H2,(H2,24,25)/t16-/m0/s1. The third kappa shape index (κ3) is 4.54. The minimum atomic E-state index is -3.60. The molecule has 0 radical (unpaired) electrons. The molecular weight excluding hydrogens is 416 g/mol. The highest BCUT2D eigenvalue weighted by molar-refractivity contribution is 7.89. The maximum absolute atomic E-state index is 12.9. The van der Waals surface area contributed by atoms with E-state index < -0.39 is 10.0 Å². The van der Waals surface area contributed by atoms with Crippen LogP contribution in [0.1, 0.15) is 39.9 Å². The van der Waals surface area contributed by atoms with Crippen LogP contribution in [0.2, 0.25) is 0 Å². The highest BCUT2D eigenvalue weighted by Crippen LogP contribution is 2.29. The van der Waals surface area contributed by atoms with E-state index in [0.29, 0.717) is 47.7 Å². The van der Waals surface area contributed by atoms with Gasteiger partial charge < -0.3 is 15.4 Å². The van der Waals surface area contributed by atoms with Crippen molar-refractivity contribution < 1.29 is 17.9 Å². The molecule has 9 heteroatoms. The molecule has 31 heavy (non-hydrogen) atoms. The summed E-state index contributed by atoms with van der Waals surface area (Å²) in [6, 6.07) is 14.0. The highest BCUT2D eigenvalue weighted by atomic mass is 32.2. The fraction of sp³-hybridized carbons (Fsp3) is 0.318. The van der Waals surface area contributed by atoms with E-state index >= 15 is 0 Å². The molecule has 2 aliphatic heterocycles. The predicted octanol–water partition coefficient (Wildman–Crippen LogP) is 2.04. The van der Waals surface area contributed by atoms with Crippen LogP contribution in [0.3, 0.4) is 0 Å². The lowest BCUT2D eigenvalue weighted by Gasteiger charge is -2.33. The van der Waals surface area contributed by atoms with E-state index in [9.17, 15) is 13.2 Å². The van der Waals surface area contributed by atoms with Crippen LogP contribution in [0.4, 0.5) is 0 Å². The molecule has 1 atom stereocenters. The van der Waals surface area contributed by atoms with Crippen LogP contribution in [0, 0.1) is 17.2 Å². The number of piperidine rings is 1. The first kappa shape index (κ1) is 20.9. The van der Waals surface area contributed by atoms with Crippen molar-refractivity contribution >= 4 is 21.8 Å². The first-order valence-corrected chi connectivity index (χ1v) is 11.6. The molecule has 2 aromatic carbocycles. The summed E-state index contributed by atoms with van der Waals surface area (Å²) in [7, 11) is -3.60. The molecule has 4 rings (SSSR count). The molecule has 1 amide bonds. The van der Waals surface area contributed by atoms with Gasteiger partial charge in [0.15, 0.2) is 0 Å². The number of likely N-dealkylation sites (tertiary alicyclic amines) is 1. The van der Waals surface area contributed by atoms with Crippen molar-refractivity contribution in [2.24, 2.45) is 16.0 Å². The minimum absolute atomic E-state index is 0.0605. The normalized spacial score (nSPS) is 19.6. The van der Waals surface area contributed by atoms with Crippen LogP contribution in [-0.4, -0.2) is 44.8 Å². The van der Waals surface area contributed by atoms with Crippen LogP contribution in [0.15, 0.2) is 46.9 Å². The molecule has 0 unspecified atom stereocenters. The van der Waals surface area contributed by atoms with E-state index in [0.717, 1.165) is 12.8 Å². The number of carbonyl (C=O) groups excluding carboxylic acids is 1. The number of hydrogen-bond donors (Lipinski definition) is 1. The molecule has 8 nitrogen and oxygen atoms in total. The third-order valence-corrected chi connectivity index (χ3v) is 6.61. The molecular formula is C22H22N4O4S. The molecule has 0 spiro atoms. The Morgan fingerprint density at radius 2 is 2.10 bits per heavy atom. The number of nitrogens with zero attached hydrogens (tertiary/aromatic N) is 3. The van der Waals surface area contributed by atoms with E-state index in [1.807, 2.05) is 0 Å². The van der Waals surface area contributed by atoms with Crippen molar-refractivity contribution in [3.8, 4) is 11.8 Å². The summed E-state index contributed by atoms with van der Waals surface area (Å²) in [5.74, 6) is 0.264. The summed E-state index contributed by atoms with van der Waals surface area (Å²) in [5.41, 5.74) is 7.95. The van der Waals surface area contributed by atoms with E-state index in [1.54, 1.807) is 47.4 Å². The van der Waals surface area contributed by atoms with Crippen LogP contribution >= 0.6 is 0 Å². The second-order valence-corrected chi connectivity index (χ2v) is 9.39. The quantitative estimate of drug-likeness (QED) is 0.778. The number of hydrogen-bond acceptors (Lipinski definition) is 6. The average molecular weight is 439 g/mol. The van der Waals surface area contributed by atoms with Gasteiger partial charge >= 0.3 is 0 Å². The van der Waals surface area contributed by atoms with Gasteiger partial charge in [-0.15, -0.1) is 4.40 Å². The van der Waals surface area contributed by atoms with Crippen molar-refractivity contribution in [1.82, 2.24) is 4.90 Å². The molecule has 0 aromatic heterocycles. The predicted molar refractivity (Wildman–Crippen MR) is 115 cm³/mol. The third-order valence-electron chi connectivity index (χ3n) is 5.46. The zero-order valence-corrected chi connectivity index (χ0v) is 17.6. The molecule has 160 valence electrons. The van der Waals surface area contributed by atoms with Gasteiger partial charge in [0.05, 0.1) is 29.6 Å². The van der Waals surface area contributed by atoms with Crippen LogP contribution in [0.5, 0.6) is 5.75 Å². The SMILES string of the molecule is N#Cc1cccc(C(=O)N2CCC[C@H](COc3cccc4c3C(N)=NS(=O)(=O)C4)C2)c1. The van der Waals surface area contributed by atoms with Gasteiger partial charge in [0, 0.05) is 24.6 Å². The Morgan fingerprint density at radius 3 is 2.90 bits per heavy atom. The lowest BCUT2D eigenvalue weighted by atomic mass is 9.98. The Bertz CT molecular complexity index is 1200. The second kappa shape index (κ2) is 8.40. The zero-order valence-electron chi connectivity index (χ0n) is 16.8. The maximum atomic E-state index is 12.9. The largest absolute Gasteiger partial charge is 0.492 e. The summed E-state index contributed by atoms with van der Waals surface area (Å²) in [6.07, 6.45) is 1.77. The number of amidine groups is 1. The summed E-state index contributed by atoms with van der Waals surface area (Å²) < 4.78 is 33.3. The highest BCUT2D eigenvalue weighted by Gasteiger charge is 2.28. The fourth-order valence-electron chi connectivity index (χ4n) is 4.03. The first-order chi connectivity index (χ1) is 14.9. The number of sulfonamides is 1. The Hall–Kier alpha value is -3.38. The van der Waals surface area contributed by atoms with E-state index in [1.165, 1.54) is 0 Å². The van der Waals surface area contributed by atoms with Crippen molar-refractivity contribution in [3.63, 3.8) is 0 Å². The van der Waals surface area contributed by atoms with Crippen molar-refractivity contribution in [2.75, 3.05) is 19.7 Å². The van der Waals surface area contributed by atoms with Crippen LogP contribution in [-0.2, 0) is 15.8 Å². The number of benzene rings is 2. The number of nitrogens with two attached hydrogens (primary N) is 1. The summed E-state index contributed by atoms with van der Waals surface area (Å²) >= 11 is 0. The number of rotatable bonds is 4. The Labute approximate surface area is 181 Å². The lowest BCUT2D eigenvalue weighted by molar-refractivity contribution is 0.0633. The van der Waals surface area contributed by atoms with Crippen molar-refractivity contribution in [3.05, 3.63) is 64.7 Å². The minimum Gasteiger partial charge on any atom is -0.492 e. The van der Waals surface area contributed by atoms with Gasteiger partial charge in [-0.3, -0.25) is 4.79 Å². The summed E-state index contributed by atoms with van der Waals surface area (Å²) in [6.45, 7) is 1.57. The first-order valence-electron chi connectivity index (χ1n) is 9.99. The number of fused-ring (bicyclic) bond motifs is 1. The van der Waals surface area contributed by atoms with Gasteiger partial charge in [-0.1, -0.05) is 18.2 Å². The van der Waals surface area contributed by atoms with Crippen molar-refractivity contribution in [2.45, 2.75) is 18.6 Å². The molecule has 1 fully saturated rings. The second-order valence-electron chi connectivity index (χ2n) is 7.76. The van der Waals surface area contributed by atoms with Crippen LogP contribution < -0.4 is 10.5 Å². The van der Waals surface area contributed by atoms with Crippen molar-refractivity contribution in [1.29, 1.82) is 5.26 Å². The number of carbonyl (C=O) groups is 1. The molecule has 1 saturated heterocycles. The number of amides is 1. The Morgan fingerprint density at radius 1 is 1.29 bits per heavy atom. The molecule has 2 aromatic rings. The lowest BCUT2D eigenvalue weighted by Crippen LogP contribution is -2.41. The van der Waals surface area contributed by atoms with E-state index in [-0.39, 0.29) is 23.4 Å². The van der Waals surface area contributed by atoms with E-state index in [4.69, 9.17) is 15.7 Å². The monoisotopic (exact) mass is 438 g/mol. The van der Waals surface area contributed by atoms with Gasteiger partial charge in [0.2, 0.25) is 0 Å². The van der Waals surface area contributed by atoms with Gasteiger partial charge in [-0.25, -0.2) is 8.42 Å². The molecule has 0 aliphatic carbocycles. The molecule has 2 heterocycles. The van der Waals surface area contributed by atoms with Gasteiger partial charge in [0.25, 0.3) is 15.9 Å². The molecule has 0 saturated carbocycles. The average Bonchev–Trinajstić information content (AvgIpc) is 2.76. The molecule has 0 bridgehead atoms. The zero-order chi connectivity index (χ0) is 22.0. The maximum Gasteiger partial charge on any atom is 0.259 e. The Balaban J connectivity index is 1.45. The molecule has 2 N–H and O–H groups in total.